The van der Waals surface area contributed by atoms with Gasteiger partial charge in [-0.05, 0) is 12.5 Å². The molecule has 0 spiro atoms. The van der Waals surface area contributed by atoms with Gasteiger partial charge in [-0.25, -0.2) is 0 Å². The minimum absolute atomic E-state index is 0.159. The third-order valence-electron chi connectivity index (χ3n) is 1.78. The summed E-state index contributed by atoms with van der Waals surface area (Å²) in [7, 11) is 0. The Kier molecular flexibility index (Phi) is 6.51. The Balaban J connectivity index is 3.13. The van der Waals surface area contributed by atoms with E-state index in [1.807, 2.05) is 0 Å². The predicted molar refractivity (Wildman–Crippen MR) is 45.4 cm³/mol. The van der Waals surface area contributed by atoms with Crippen molar-refractivity contribution in [1.29, 1.82) is 0 Å². The average Bonchev–Trinajstić information content (AvgIpc) is 2.04. The number of hydrogen-bond acceptors (Lipinski definition) is 3. The quantitative estimate of drug-likeness (QED) is 0.513. The summed E-state index contributed by atoms with van der Waals surface area (Å²) in [5, 5.41) is 20.5. The maximum atomic E-state index is 8.93. The van der Waals surface area contributed by atoms with Gasteiger partial charge in [-0.2, -0.15) is 0 Å². The van der Waals surface area contributed by atoms with Crippen molar-refractivity contribution in [2.24, 2.45) is 5.92 Å². The molecule has 2 unspecified atom stereocenters. The summed E-state index contributed by atoms with van der Waals surface area (Å²) in [6, 6.07) is 0. The molecule has 2 atom stereocenters. The number of rotatable bonds is 6. The number of aliphatic hydroxyl groups is 2. The maximum absolute atomic E-state index is 8.93. The van der Waals surface area contributed by atoms with E-state index >= 15 is 0 Å². The van der Waals surface area contributed by atoms with Crippen molar-refractivity contribution in [1.82, 2.24) is 5.32 Å². The third-order valence-corrected chi connectivity index (χ3v) is 1.78. The topological polar surface area (TPSA) is 52.5 Å². The second-order valence-corrected chi connectivity index (χ2v) is 3.01. The molecule has 0 saturated heterocycles. The smallest absolute Gasteiger partial charge is 0.0894 e. The normalized spacial score (nSPS) is 16.4. The van der Waals surface area contributed by atoms with Gasteiger partial charge in [-0.15, -0.1) is 0 Å². The Morgan fingerprint density at radius 2 is 2.00 bits per heavy atom. The Bertz CT molecular complexity index is 78.2. The van der Waals surface area contributed by atoms with Crippen LogP contribution in [0.1, 0.15) is 20.3 Å². The second kappa shape index (κ2) is 6.58. The van der Waals surface area contributed by atoms with E-state index in [1.54, 1.807) is 0 Å². The number of hydrogen-bond donors (Lipinski definition) is 3. The van der Waals surface area contributed by atoms with Crippen LogP contribution in [0.5, 0.6) is 0 Å². The molecule has 0 rings (SSSR count). The van der Waals surface area contributed by atoms with Crippen LogP contribution >= 0.6 is 0 Å². The molecule has 0 bridgehead atoms. The lowest BCUT2D eigenvalue weighted by atomic mass is 10.1. The molecule has 0 heterocycles. The predicted octanol–water partition coefficient (Wildman–Crippen LogP) is -0.0247. The molecule has 0 saturated carbocycles. The van der Waals surface area contributed by atoms with Crippen LogP contribution in [-0.2, 0) is 0 Å². The van der Waals surface area contributed by atoms with Gasteiger partial charge in [0, 0.05) is 6.54 Å². The van der Waals surface area contributed by atoms with Gasteiger partial charge in [-0.3, -0.25) is 0 Å². The van der Waals surface area contributed by atoms with Crippen LogP contribution in [0.3, 0.4) is 0 Å². The molecule has 0 aromatic heterocycles. The van der Waals surface area contributed by atoms with Gasteiger partial charge >= 0.3 is 0 Å². The Morgan fingerprint density at radius 3 is 2.45 bits per heavy atom. The summed E-state index contributed by atoms with van der Waals surface area (Å²) in [6.45, 7) is 5.52. The van der Waals surface area contributed by atoms with E-state index in [0.29, 0.717) is 12.5 Å². The summed E-state index contributed by atoms with van der Waals surface area (Å²) in [5.41, 5.74) is 0. The SMILES string of the molecule is CCC(C)CNCC(O)CO. The van der Waals surface area contributed by atoms with Crippen molar-refractivity contribution in [2.45, 2.75) is 26.4 Å². The van der Waals surface area contributed by atoms with E-state index < -0.39 is 6.10 Å². The summed E-state index contributed by atoms with van der Waals surface area (Å²) >= 11 is 0. The average molecular weight is 161 g/mol. The highest BCUT2D eigenvalue weighted by molar-refractivity contribution is 4.59. The van der Waals surface area contributed by atoms with Gasteiger partial charge in [0.2, 0.25) is 0 Å². The minimum Gasteiger partial charge on any atom is -0.394 e. The molecule has 3 N–H and O–H groups in total. The van der Waals surface area contributed by atoms with Crippen LogP contribution < -0.4 is 5.32 Å². The highest BCUT2D eigenvalue weighted by Crippen LogP contribution is 1.96. The first kappa shape index (κ1) is 10.9. The first-order valence-corrected chi connectivity index (χ1v) is 4.20. The van der Waals surface area contributed by atoms with E-state index in [0.717, 1.165) is 13.0 Å². The Morgan fingerprint density at radius 1 is 1.36 bits per heavy atom. The zero-order valence-electron chi connectivity index (χ0n) is 7.38. The Hall–Kier alpha value is -0.120. The molecular weight excluding hydrogens is 142 g/mol. The third kappa shape index (κ3) is 6.28. The molecule has 0 radical (unpaired) electrons. The maximum Gasteiger partial charge on any atom is 0.0894 e. The van der Waals surface area contributed by atoms with Gasteiger partial charge < -0.3 is 15.5 Å². The van der Waals surface area contributed by atoms with Crippen molar-refractivity contribution in [3.05, 3.63) is 0 Å². The van der Waals surface area contributed by atoms with Gasteiger partial charge in [0.25, 0.3) is 0 Å². The van der Waals surface area contributed by atoms with Crippen LogP contribution in [0.2, 0.25) is 0 Å². The molecule has 0 amide bonds. The van der Waals surface area contributed by atoms with Gasteiger partial charge in [0.1, 0.15) is 0 Å². The van der Waals surface area contributed by atoms with Crippen molar-refractivity contribution < 1.29 is 10.2 Å². The summed E-state index contributed by atoms with van der Waals surface area (Å²) in [6.07, 6.45) is 0.529. The molecule has 0 aliphatic carbocycles. The lowest BCUT2D eigenvalue weighted by molar-refractivity contribution is 0.0937. The monoisotopic (exact) mass is 161 g/mol. The highest BCUT2D eigenvalue weighted by atomic mass is 16.3. The van der Waals surface area contributed by atoms with Crippen molar-refractivity contribution in [3.8, 4) is 0 Å². The molecule has 0 aliphatic heterocycles. The fourth-order valence-corrected chi connectivity index (χ4v) is 0.705. The van der Waals surface area contributed by atoms with E-state index in [4.69, 9.17) is 10.2 Å². The van der Waals surface area contributed by atoms with Gasteiger partial charge in [-0.1, -0.05) is 20.3 Å². The molecular formula is C8H19NO2. The summed E-state index contributed by atoms with van der Waals surface area (Å²) in [4.78, 5) is 0. The van der Waals surface area contributed by atoms with E-state index in [-0.39, 0.29) is 6.61 Å². The fraction of sp³-hybridized carbons (Fsp3) is 1.00. The molecule has 0 aliphatic rings. The summed E-state index contributed by atoms with van der Waals surface area (Å²) < 4.78 is 0. The van der Waals surface area contributed by atoms with E-state index in [2.05, 4.69) is 19.2 Å². The second-order valence-electron chi connectivity index (χ2n) is 3.01. The van der Waals surface area contributed by atoms with Crippen LogP contribution in [0.4, 0.5) is 0 Å². The lowest BCUT2D eigenvalue weighted by Gasteiger charge is -2.12. The lowest BCUT2D eigenvalue weighted by Crippen LogP contribution is -2.32. The van der Waals surface area contributed by atoms with Crippen molar-refractivity contribution >= 4 is 0 Å². The van der Waals surface area contributed by atoms with Gasteiger partial charge in [0.05, 0.1) is 12.7 Å². The zero-order chi connectivity index (χ0) is 8.69. The number of aliphatic hydroxyl groups excluding tert-OH is 2. The van der Waals surface area contributed by atoms with E-state index in [1.165, 1.54) is 0 Å². The van der Waals surface area contributed by atoms with Gasteiger partial charge in [0.15, 0.2) is 0 Å². The van der Waals surface area contributed by atoms with E-state index in [9.17, 15) is 0 Å². The number of nitrogens with one attached hydrogen (secondary N) is 1. The molecule has 0 aromatic rings. The first-order chi connectivity index (χ1) is 5.20. The largest absolute Gasteiger partial charge is 0.394 e. The molecule has 11 heavy (non-hydrogen) atoms. The van der Waals surface area contributed by atoms with Crippen molar-refractivity contribution in [2.75, 3.05) is 19.7 Å². The molecule has 3 heteroatoms. The minimum atomic E-state index is -0.612. The summed E-state index contributed by atoms with van der Waals surface area (Å²) in [5.74, 6) is 0.640. The molecule has 0 fully saturated rings. The zero-order valence-corrected chi connectivity index (χ0v) is 7.38. The standard InChI is InChI=1S/C8H19NO2/c1-3-7(2)4-9-5-8(11)6-10/h7-11H,3-6H2,1-2H3. The molecule has 0 aromatic carbocycles. The van der Waals surface area contributed by atoms with Crippen LogP contribution in [0.25, 0.3) is 0 Å². The molecule has 3 nitrogen and oxygen atoms in total. The highest BCUT2D eigenvalue weighted by Gasteiger charge is 2.02. The van der Waals surface area contributed by atoms with Crippen LogP contribution in [0, 0.1) is 5.92 Å². The van der Waals surface area contributed by atoms with Crippen LogP contribution in [-0.4, -0.2) is 36.0 Å². The Labute approximate surface area is 68.4 Å². The fourth-order valence-electron chi connectivity index (χ4n) is 0.705. The van der Waals surface area contributed by atoms with Crippen molar-refractivity contribution in [3.63, 3.8) is 0 Å². The van der Waals surface area contributed by atoms with Crippen LogP contribution in [0.15, 0.2) is 0 Å². The molecule has 68 valence electrons. The first-order valence-electron chi connectivity index (χ1n) is 4.20.